The van der Waals surface area contributed by atoms with Crippen molar-refractivity contribution >= 4 is 6.16 Å². The van der Waals surface area contributed by atoms with Gasteiger partial charge in [0.2, 0.25) is 0 Å². The lowest BCUT2D eigenvalue weighted by atomic mass is 9.71. The third-order valence-corrected chi connectivity index (χ3v) is 3.28. The van der Waals surface area contributed by atoms with Crippen molar-refractivity contribution in [3.63, 3.8) is 0 Å². The molecule has 0 aromatic heterocycles. The first-order chi connectivity index (χ1) is 6.93. The molecule has 0 radical (unpaired) electrons. The van der Waals surface area contributed by atoms with E-state index in [0.717, 1.165) is 19.3 Å². The van der Waals surface area contributed by atoms with Crippen molar-refractivity contribution in [3.05, 3.63) is 0 Å². The summed E-state index contributed by atoms with van der Waals surface area (Å²) in [6.07, 6.45) is 3.83. The molecule has 2 atom stereocenters. The molecule has 88 valence electrons. The molecular weight excluding hydrogens is 192 g/mol. The Morgan fingerprint density at radius 2 is 1.93 bits per heavy atom. The van der Waals surface area contributed by atoms with Crippen molar-refractivity contribution in [2.75, 3.05) is 7.11 Å². The van der Waals surface area contributed by atoms with E-state index in [4.69, 9.17) is 4.74 Å². The molecule has 0 amide bonds. The third-order valence-electron chi connectivity index (χ3n) is 3.28. The molecule has 1 aliphatic rings. The first kappa shape index (κ1) is 12.3. The van der Waals surface area contributed by atoms with E-state index < -0.39 is 6.16 Å². The van der Waals surface area contributed by atoms with Gasteiger partial charge in [-0.1, -0.05) is 20.8 Å². The second kappa shape index (κ2) is 4.86. The molecule has 0 aromatic rings. The largest absolute Gasteiger partial charge is 0.508 e. The van der Waals surface area contributed by atoms with Gasteiger partial charge in [-0.05, 0) is 37.0 Å². The summed E-state index contributed by atoms with van der Waals surface area (Å²) >= 11 is 0. The van der Waals surface area contributed by atoms with Gasteiger partial charge in [0, 0.05) is 0 Å². The van der Waals surface area contributed by atoms with E-state index in [9.17, 15) is 4.79 Å². The van der Waals surface area contributed by atoms with Gasteiger partial charge in [-0.15, -0.1) is 0 Å². The lowest BCUT2D eigenvalue weighted by Crippen LogP contribution is -2.32. The molecule has 0 aliphatic heterocycles. The topological polar surface area (TPSA) is 35.5 Å². The summed E-state index contributed by atoms with van der Waals surface area (Å²) in [6, 6.07) is 0. The van der Waals surface area contributed by atoms with Crippen LogP contribution < -0.4 is 0 Å². The van der Waals surface area contributed by atoms with Gasteiger partial charge in [-0.2, -0.15) is 0 Å². The van der Waals surface area contributed by atoms with Crippen molar-refractivity contribution in [1.29, 1.82) is 0 Å². The lowest BCUT2D eigenvalue weighted by molar-refractivity contribution is -0.000785. The summed E-state index contributed by atoms with van der Waals surface area (Å²) in [5.74, 6) is 0.640. The van der Waals surface area contributed by atoms with Crippen LogP contribution in [-0.4, -0.2) is 19.4 Å². The Labute approximate surface area is 92.1 Å². The van der Waals surface area contributed by atoms with Crippen LogP contribution in [0.4, 0.5) is 4.79 Å². The predicted molar refractivity (Wildman–Crippen MR) is 58.7 cm³/mol. The highest BCUT2D eigenvalue weighted by atomic mass is 16.7. The van der Waals surface area contributed by atoms with E-state index in [2.05, 4.69) is 25.5 Å². The minimum Gasteiger partial charge on any atom is -0.438 e. The highest BCUT2D eigenvalue weighted by Crippen LogP contribution is 2.38. The maximum atomic E-state index is 11.0. The number of hydrogen-bond donors (Lipinski definition) is 0. The maximum absolute atomic E-state index is 11.0. The van der Waals surface area contributed by atoms with Crippen LogP contribution >= 0.6 is 0 Å². The van der Waals surface area contributed by atoms with E-state index in [-0.39, 0.29) is 6.10 Å². The molecule has 0 unspecified atom stereocenters. The fourth-order valence-corrected chi connectivity index (χ4v) is 2.22. The lowest BCUT2D eigenvalue weighted by Gasteiger charge is -2.37. The van der Waals surface area contributed by atoms with Crippen molar-refractivity contribution in [1.82, 2.24) is 0 Å². The number of carbonyl (C=O) groups is 1. The molecule has 1 rings (SSSR count). The molecular formula is C12H22O3. The Morgan fingerprint density at radius 1 is 1.27 bits per heavy atom. The molecule has 0 spiro atoms. The van der Waals surface area contributed by atoms with E-state index in [1.807, 2.05) is 0 Å². The highest BCUT2D eigenvalue weighted by molar-refractivity contribution is 5.59. The van der Waals surface area contributed by atoms with Crippen molar-refractivity contribution in [2.24, 2.45) is 11.3 Å². The third kappa shape index (κ3) is 3.73. The minimum absolute atomic E-state index is 0.0513. The molecule has 3 heteroatoms. The van der Waals surface area contributed by atoms with Crippen LogP contribution in [0.3, 0.4) is 0 Å². The summed E-state index contributed by atoms with van der Waals surface area (Å²) in [6.45, 7) is 6.74. The first-order valence-electron chi connectivity index (χ1n) is 5.68. The minimum atomic E-state index is -0.547. The van der Waals surface area contributed by atoms with Crippen LogP contribution in [-0.2, 0) is 9.47 Å². The Kier molecular flexibility index (Phi) is 4.00. The molecule has 15 heavy (non-hydrogen) atoms. The zero-order valence-electron chi connectivity index (χ0n) is 10.2. The van der Waals surface area contributed by atoms with Crippen molar-refractivity contribution in [3.8, 4) is 0 Å². The van der Waals surface area contributed by atoms with E-state index in [1.54, 1.807) is 0 Å². The molecule has 0 heterocycles. The summed E-state index contributed by atoms with van der Waals surface area (Å²) in [7, 11) is 1.35. The Hall–Kier alpha value is -0.730. The van der Waals surface area contributed by atoms with Crippen LogP contribution in [0.2, 0.25) is 0 Å². The van der Waals surface area contributed by atoms with Gasteiger partial charge in [-0.25, -0.2) is 4.79 Å². The molecule has 0 N–H and O–H groups in total. The first-order valence-corrected chi connectivity index (χ1v) is 5.68. The van der Waals surface area contributed by atoms with Gasteiger partial charge in [0.25, 0.3) is 0 Å². The average Bonchev–Trinajstić information content (AvgIpc) is 2.17. The van der Waals surface area contributed by atoms with Crippen LogP contribution in [0, 0.1) is 11.3 Å². The molecule has 0 saturated heterocycles. The molecule has 3 nitrogen and oxygen atoms in total. The zero-order valence-corrected chi connectivity index (χ0v) is 10.2. The highest BCUT2D eigenvalue weighted by Gasteiger charge is 2.32. The van der Waals surface area contributed by atoms with Gasteiger partial charge in [0.15, 0.2) is 0 Å². The molecule has 0 aromatic carbocycles. The summed E-state index contributed by atoms with van der Waals surface area (Å²) < 4.78 is 9.72. The standard InChI is InChI=1S/C12H22O3/c1-12(2,3)9-6-5-7-10(8-9)15-11(13)14-4/h9-10H,5-8H2,1-4H3/t9-,10+/m1/s1. The fraction of sp³-hybridized carbons (Fsp3) is 0.917. The fourth-order valence-electron chi connectivity index (χ4n) is 2.22. The SMILES string of the molecule is COC(=O)O[C@H]1CCC[C@@H](C(C)(C)C)C1. The van der Waals surface area contributed by atoms with Crippen LogP contribution in [0.1, 0.15) is 46.5 Å². The normalized spacial score (nSPS) is 27.2. The Bertz CT molecular complexity index is 217. The number of ether oxygens (including phenoxy) is 2. The Morgan fingerprint density at radius 3 is 2.47 bits per heavy atom. The second-order valence-corrected chi connectivity index (χ2v) is 5.42. The number of hydrogen-bond acceptors (Lipinski definition) is 3. The van der Waals surface area contributed by atoms with E-state index in [1.165, 1.54) is 13.5 Å². The van der Waals surface area contributed by atoms with Crippen LogP contribution in [0.25, 0.3) is 0 Å². The second-order valence-electron chi connectivity index (χ2n) is 5.42. The Balaban J connectivity index is 2.46. The molecule has 1 aliphatic carbocycles. The summed E-state index contributed by atoms with van der Waals surface area (Å²) in [4.78, 5) is 11.0. The average molecular weight is 214 g/mol. The number of rotatable bonds is 1. The van der Waals surface area contributed by atoms with Gasteiger partial charge in [0.05, 0.1) is 7.11 Å². The van der Waals surface area contributed by atoms with E-state index >= 15 is 0 Å². The van der Waals surface area contributed by atoms with Gasteiger partial charge < -0.3 is 9.47 Å². The molecule has 0 bridgehead atoms. The monoisotopic (exact) mass is 214 g/mol. The van der Waals surface area contributed by atoms with Crippen molar-refractivity contribution in [2.45, 2.75) is 52.6 Å². The summed E-state index contributed by atoms with van der Waals surface area (Å²) in [5, 5.41) is 0. The number of methoxy groups -OCH3 is 1. The zero-order chi connectivity index (χ0) is 11.5. The predicted octanol–water partition coefficient (Wildman–Crippen LogP) is 3.37. The maximum Gasteiger partial charge on any atom is 0.508 e. The molecule has 1 fully saturated rings. The quantitative estimate of drug-likeness (QED) is 0.628. The smallest absolute Gasteiger partial charge is 0.438 e. The molecule has 1 saturated carbocycles. The van der Waals surface area contributed by atoms with Gasteiger partial charge in [-0.3, -0.25) is 0 Å². The van der Waals surface area contributed by atoms with Crippen LogP contribution in [0.5, 0.6) is 0 Å². The van der Waals surface area contributed by atoms with Crippen LogP contribution in [0.15, 0.2) is 0 Å². The van der Waals surface area contributed by atoms with Gasteiger partial charge in [0.1, 0.15) is 6.10 Å². The van der Waals surface area contributed by atoms with Gasteiger partial charge >= 0.3 is 6.16 Å². The van der Waals surface area contributed by atoms with Crippen molar-refractivity contribution < 1.29 is 14.3 Å². The summed E-state index contributed by atoms with van der Waals surface area (Å²) in [5.41, 5.74) is 0.304. The number of carbonyl (C=O) groups excluding carboxylic acids is 1. The van der Waals surface area contributed by atoms with E-state index in [0.29, 0.717) is 11.3 Å².